The summed E-state index contributed by atoms with van der Waals surface area (Å²) in [7, 11) is 2.02. The Hall–Kier alpha value is -3.37. The molecule has 0 unspecified atom stereocenters. The Morgan fingerprint density at radius 2 is 1.54 bits per heavy atom. The molecule has 2 aromatic heterocycles. The SMILES string of the molecule is CN1[CH-]N(c2[c-]c(Oc3[c-]c(Oc4cc(C(C)(C)C)ccn4)ccc3)ncc2)c2ccccc21.[Pt]. The van der Waals surface area contributed by atoms with Gasteiger partial charge < -0.3 is 19.3 Å². The summed E-state index contributed by atoms with van der Waals surface area (Å²) in [6.45, 7) is 8.47. The van der Waals surface area contributed by atoms with Gasteiger partial charge in [0.2, 0.25) is 5.88 Å². The number of rotatable bonds is 5. The minimum Gasteiger partial charge on any atom is -0.504 e. The molecule has 0 N–H and O–H groups in total. The van der Waals surface area contributed by atoms with E-state index in [0.717, 1.165) is 22.6 Å². The van der Waals surface area contributed by atoms with Crippen LogP contribution >= 0.6 is 0 Å². The molecule has 0 saturated heterocycles. The molecule has 0 bridgehead atoms. The second kappa shape index (κ2) is 10.1. The first-order chi connectivity index (χ1) is 16.4. The number of hydrogen-bond donors (Lipinski definition) is 0. The fourth-order valence-corrected chi connectivity index (χ4v) is 3.70. The summed E-state index contributed by atoms with van der Waals surface area (Å²) in [5, 5.41) is 0. The van der Waals surface area contributed by atoms with Crippen LogP contribution in [0.3, 0.4) is 0 Å². The number of ether oxygens (including phenoxy) is 2. The molecule has 5 rings (SSSR count). The Morgan fingerprint density at radius 1 is 0.829 bits per heavy atom. The fourth-order valence-electron chi connectivity index (χ4n) is 3.70. The van der Waals surface area contributed by atoms with Crippen molar-refractivity contribution >= 4 is 17.1 Å². The second-order valence-electron chi connectivity index (χ2n) is 9.06. The van der Waals surface area contributed by atoms with Crippen molar-refractivity contribution in [3.8, 4) is 23.3 Å². The zero-order chi connectivity index (χ0) is 23.7. The molecule has 2 aromatic carbocycles. The molecule has 0 spiro atoms. The van der Waals surface area contributed by atoms with Crippen molar-refractivity contribution in [3.05, 3.63) is 97.4 Å². The molecule has 0 aliphatic carbocycles. The summed E-state index contributed by atoms with van der Waals surface area (Å²) in [5.41, 5.74) is 4.18. The molecule has 7 heteroatoms. The van der Waals surface area contributed by atoms with Gasteiger partial charge in [-0.2, -0.15) is 30.6 Å². The van der Waals surface area contributed by atoms with E-state index in [1.165, 1.54) is 0 Å². The zero-order valence-electron chi connectivity index (χ0n) is 19.9. The Morgan fingerprint density at radius 3 is 2.31 bits per heavy atom. The largest absolute Gasteiger partial charge is 0.504 e. The van der Waals surface area contributed by atoms with Crippen LogP contribution in [0.2, 0.25) is 0 Å². The maximum absolute atomic E-state index is 5.97. The van der Waals surface area contributed by atoms with Crippen molar-refractivity contribution in [3.63, 3.8) is 0 Å². The monoisotopic (exact) mass is 644 g/mol. The van der Waals surface area contributed by atoms with Crippen molar-refractivity contribution in [1.82, 2.24) is 9.97 Å². The number of anilines is 3. The maximum atomic E-state index is 5.97. The van der Waals surface area contributed by atoms with E-state index in [4.69, 9.17) is 9.47 Å². The first kappa shape index (κ1) is 24.7. The Labute approximate surface area is 220 Å². The van der Waals surface area contributed by atoms with Gasteiger partial charge >= 0.3 is 0 Å². The number of fused-ring (bicyclic) bond motifs is 1. The Kier molecular flexibility index (Phi) is 7.13. The van der Waals surface area contributed by atoms with Crippen LogP contribution in [-0.2, 0) is 26.5 Å². The smallest absolute Gasteiger partial charge is 0.216 e. The summed E-state index contributed by atoms with van der Waals surface area (Å²) in [4.78, 5) is 12.8. The molecule has 4 aromatic rings. The van der Waals surface area contributed by atoms with Crippen molar-refractivity contribution in [1.29, 1.82) is 0 Å². The van der Waals surface area contributed by atoms with Gasteiger partial charge in [-0.3, -0.25) is 4.98 Å². The summed E-state index contributed by atoms with van der Waals surface area (Å²) >= 11 is 0. The van der Waals surface area contributed by atoms with E-state index in [9.17, 15) is 0 Å². The first-order valence-electron chi connectivity index (χ1n) is 11.1. The molecule has 0 amide bonds. The molecule has 182 valence electrons. The van der Waals surface area contributed by atoms with Gasteiger partial charge in [0.05, 0.1) is 0 Å². The molecule has 6 nitrogen and oxygen atoms in total. The van der Waals surface area contributed by atoms with Crippen LogP contribution < -0.4 is 19.3 Å². The predicted octanol–water partition coefficient (Wildman–Crippen LogP) is 6.66. The molecule has 0 atom stereocenters. The number of hydrogen-bond acceptors (Lipinski definition) is 6. The predicted molar refractivity (Wildman–Crippen MR) is 133 cm³/mol. The molecule has 1 aliphatic heterocycles. The molecule has 0 radical (unpaired) electrons. The third-order valence-corrected chi connectivity index (χ3v) is 5.49. The van der Waals surface area contributed by atoms with Crippen LogP contribution in [0.4, 0.5) is 17.1 Å². The van der Waals surface area contributed by atoms with Crippen LogP contribution in [-0.4, -0.2) is 17.0 Å². The quantitative estimate of drug-likeness (QED) is 0.227. The molecule has 0 fully saturated rings. The molecular formula is C28H25N4O2Pt-3. The molecule has 1 aliphatic rings. The number of pyridine rings is 2. The Bertz CT molecular complexity index is 1320. The molecule has 0 saturated carbocycles. The van der Waals surface area contributed by atoms with E-state index >= 15 is 0 Å². The van der Waals surface area contributed by atoms with Gasteiger partial charge in [-0.15, -0.1) is 12.1 Å². The van der Waals surface area contributed by atoms with Crippen LogP contribution in [0.25, 0.3) is 0 Å². The van der Waals surface area contributed by atoms with Crippen molar-refractivity contribution < 1.29 is 30.5 Å². The maximum Gasteiger partial charge on any atom is 0.216 e. The van der Waals surface area contributed by atoms with Gasteiger partial charge in [0.1, 0.15) is 5.88 Å². The van der Waals surface area contributed by atoms with E-state index in [-0.39, 0.29) is 26.5 Å². The van der Waals surface area contributed by atoms with Crippen molar-refractivity contribution in [2.75, 3.05) is 16.8 Å². The van der Waals surface area contributed by atoms with Crippen LogP contribution in [0.5, 0.6) is 23.3 Å². The fraction of sp³-hybridized carbons (Fsp3) is 0.179. The number of benzene rings is 2. The third kappa shape index (κ3) is 5.49. The van der Waals surface area contributed by atoms with Gasteiger partial charge in [0.25, 0.3) is 0 Å². The molecule has 3 heterocycles. The number of nitrogens with zero attached hydrogens (tertiary/aromatic N) is 4. The topological polar surface area (TPSA) is 50.7 Å². The van der Waals surface area contributed by atoms with Gasteiger partial charge in [-0.25, -0.2) is 4.98 Å². The van der Waals surface area contributed by atoms with E-state index in [1.54, 1.807) is 18.5 Å². The average Bonchev–Trinajstić information content (AvgIpc) is 3.16. The Balaban J connectivity index is 0.00000289. The van der Waals surface area contributed by atoms with Gasteiger partial charge in [-0.1, -0.05) is 39.0 Å². The minimum absolute atomic E-state index is 0. The number of aromatic nitrogens is 2. The van der Waals surface area contributed by atoms with Crippen LogP contribution in [0.15, 0.2) is 73.1 Å². The molecule has 35 heavy (non-hydrogen) atoms. The van der Waals surface area contributed by atoms with E-state index < -0.39 is 0 Å². The third-order valence-electron chi connectivity index (χ3n) is 5.49. The minimum atomic E-state index is 0. The van der Waals surface area contributed by atoms with Crippen molar-refractivity contribution in [2.24, 2.45) is 0 Å². The van der Waals surface area contributed by atoms with E-state index in [1.807, 2.05) is 56.2 Å². The van der Waals surface area contributed by atoms with Crippen molar-refractivity contribution in [2.45, 2.75) is 26.2 Å². The van der Waals surface area contributed by atoms with E-state index in [2.05, 4.69) is 64.8 Å². The summed E-state index contributed by atoms with van der Waals surface area (Å²) < 4.78 is 11.9. The number of para-hydroxylation sites is 2. The average molecular weight is 645 g/mol. The molecular weight excluding hydrogens is 619 g/mol. The first-order valence-corrected chi connectivity index (χ1v) is 11.1. The summed E-state index contributed by atoms with van der Waals surface area (Å²) in [5.74, 6) is 1.85. The van der Waals surface area contributed by atoms with Gasteiger partial charge in [0, 0.05) is 56.2 Å². The normalized spacial score (nSPS) is 12.7. The zero-order valence-corrected chi connectivity index (χ0v) is 22.2. The van der Waals surface area contributed by atoms with Crippen LogP contribution in [0, 0.1) is 18.8 Å². The summed E-state index contributed by atoms with van der Waals surface area (Å²) in [6.07, 6.45) is 3.46. The van der Waals surface area contributed by atoms with E-state index in [0.29, 0.717) is 23.3 Å². The van der Waals surface area contributed by atoms with Gasteiger partial charge in [-0.05, 0) is 42.4 Å². The second-order valence-corrected chi connectivity index (χ2v) is 9.06. The van der Waals surface area contributed by atoms with Gasteiger partial charge in [0.15, 0.2) is 0 Å². The standard InChI is InChI=1S/C28H25N4O2.Pt/c1-28(2,3)20-12-14-29-26(16-20)33-22-8-7-9-23(18-22)34-27-17-21(13-15-30-27)32-19-31(4)24-10-5-6-11-25(24)32;/h5-16,19H,1-4H3;/q-3;. The van der Waals surface area contributed by atoms with Crippen LogP contribution in [0.1, 0.15) is 26.3 Å². The summed E-state index contributed by atoms with van der Waals surface area (Å²) in [6, 6.07) is 25.9.